The lowest BCUT2D eigenvalue weighted by molar-refractivity contribution is 0.707. The average molecular weight is 213 g/mol. The number of allylic oxidation sites excluding steroid dienone is 3. The van der Waals surface area contributed by atoms with Gasteiger partial charge in [-0.2, -0.15) is 0 Å². The molecule has 0 bridgehead atoms. The van der Waals surface area contributed by atoms with Gasteiger partial charge in [-0.25, -0.2) is 0 Å². The summed E-state index contributed by atoms with van der Waals surface area (Å²) >= 11 is 0. The topological polar surface area (TPSA) is 26.0 Å². The third kappa shape index (κ3) is 2.83. The highest BCUT2D eigenvalue weighted by Crippen LogP contribution is 2.21. The van der Waals surface area contributed by atoms with Crippen LogP contribution in [0.5, 0.6) is 0 Å². The first-order valence-electron chi connectivity index (χ1n) is 5.91. The van der Waals surface area contributed by atoms with Gasteiger partial charge in [-0.3, -0.25) is 0 Å². The Hall–Kier alpha value is -1.34. The van der Waals surface area contributed by atoms with Crippen molar-refractivity contribution in [2.45, 2.75) is 32.2 Å². The monoisotopic (exact) mass is 213 g/mol. The van der Waals surface area contributed by atoms with E-state index in [1.165, 1.54) is 16.7 Å². The van der Waals surface area contributed by atoms with E-state index >= 15 is 0 Å². The van der Waals surface area contributed by atoms with Gasteiger partial charge in [-0.15, -0.1) is 0 Å². The van der Waals surface area contributed by atoms with Gasteiger partial charge in [0.1, 0.15) is 0 Å². The van der Waals surface area contributed by atoms with Crippen molar-refractivity contribution in [2.24, 2.45) is 5.73 Å². The van der Waals surface area contributed by atoms with E-state index in [2.05, 4.69) is 43.3 Å². The molecule has 1 aromatic rings. The van der Waals surface area contributed by atoms with Gasteiger partial charge in [0.15, 0.2) is 0 Å². The summed E-state index contributed by atoms with van der Waals surface area (Å²) in [6, 6.07) is 10.6. The number of benzene rings is 1. The van der Waals surface area contributed by atoms with Crippen molar-refractivity contribution in [1.29, 1.82) is 0 Å². The summed E-state index contributed by atoms with van der Waals surface area (Å²) < 4.78 is 0. The van der Waals surface area contributed by atoms with Gasteiger partial charge in [-0.05, 0) is 31.7 Å². The Morgan fingerprint density at radius 1 is 1.12 bits per heavy atom. The molecule has 1 aromatic carbocycles. The van der Waals surface area contributed by atoms with Crippen LogP contribution in [-0.4, -0.2) is 6.04 Å². The van der Waals surface area contributed by atoms with Crippen LogP contribution in [0.1, 0.15) is 25.3 Å². The van der Waals surface area contributed by atoms with Crippen molar-refractivity contribution in [3.8, 4) is 0 Å². The predicted octanol–water partition coefficient (Wildman–Crippen LogP) is 3.22. The van der Waals surface area contributed by atoms with E-state index in [1.807, 2.05) is 6.07 Å². The van der Waals surface area contributed by atoms with Crippen molar-refractivity contribution in [1.82, 2.24) is 0 Å². The Labute approximate surface area is 97.7 Å². The van der Waals surface area contributed by atoms with E-state index < -0.39 is 0 Å². The molecule has 0 aliphatic heterocycles. The second-order valence-corrected chi connectivity index (χ2v) is 4.55. The van der Waals surface area contributed by atoms with E-state index in [0.29, 0.717) is 0 Å². The summed E-state index contributed by atoms with van der Waals surface area (Å²) in [4.78, 5) is 0. The third-order valence-corrected chi connectivity index (χ3v) is 3.16. The van der Waals surface area contributed by atoms with Gasteiger partial charge in [0.05, 0.1) is 0 Å². The molecule has 0 aromatic heterocycles. The molecule has 0 saturated heterocycles. The summed E-state index contributed by atoms with van der Waals surface area (Å²) in [6.07, 6.45) is 7.63. The van der Waals surface area contributed by atoms with Crippen molar-refractivity contribution < 1.29 is 0 Å². The van der Waals surface area contributed by atoms with Crippen molar-refractivity contribution in [3.05, 3.63) is 59.2 Å². The molecule has 1 heteroatoms. The van der Waals surface area contributed by atoms with Gasteiger partial charge < -0.3 is 5.73 Å². The maximum absolute atomic E-state index is 6.23. The molecular formula is C15H19N. The Morgan fingerprint density at radius 3 is 2.50 bits per heavy atom. The SMILES string of the molecule is CC1=CC=C(C(N)Cc2ccccc2)CC1. The number of hydrogen-bond acceptors (Lipinski definition) is 1. The molecule has 0 amide bonds. The highest BCUT2D eigenvalue weighted by atomic mass is 14.6. The van der Waals surface area contributed by atoms with Crippen molar-refractivity contribution in [3.63, 3.8) is 0 Å². The summed E-state index contributed by atoms with van der Waals surface area (Å²) in [7, 11) is 0. The fraction of sp³-hybridized carbons (Fsp3) is 0.333. The molecule has 1 aliphatic carbocycles. The summed E-state index contributed by atoms with van der Waals surface area (Å²) in [5.74, 6) is 0. The van der Waals surface area contributed by atoms with E-state index in [1.54, 1.807) is 0 Å². The van der Waals surface area contributed by atoms with Crippen LogP contribution in [0.3, 0.4) is 0 Å². The first kappa shape index (κ1) is 11.2. The smallest absolute Gasteiger partial charge is 0.0297 e. The maximum atomic E-state index is 6.23. The van der Waals surface area contributed by atoms with E-state index in [0.717, 1.165) is 19.3 Å². The molecule has 84 valence electrons. The molecule has 0 heterocycles. The molecule has 16 heavy (non-hydrogen) atoms. The molecule has 0 spiro atoms. The summed E-state index contributed by atoms with van der Waals surface area (Å²) in [6.45, 7) is 2.18. The summed E-state index contributed by atoms with van der Waals surface area (Å²) in [5.41, 5.74) is 10.4. The van der Waals surface area contributed by atoms with E-state index in [9.17, 15) is 0 Å². The van der Waals surface area contributed by atoms with Gasteiger partial charge in [-0.1, -0.05) is 53.6 Å². The number of rotatable bonds is 3. The second kappa shape index (κ2) is 5.13. The molecule has 1 aliphatic rings. The van der Waals surface area contributed by atoms with Crippen LogP contribution in [0.15, 0.2) is 53.6 Å². The molecule has 1 nitrogen and oxygen atoms in total. The fourth-order valence-electron chi connectivity index (χ4n) is 2.07. The predicted molar refractivity (Wildman–Crippen MR) is 69.2 cm³/mol. The minimum absolute atomic E-state index is 0.173. The van der Waals surface area contributed by atoms with Crippen LogP contribution < -0.4 is 5.73 Å². The molecule has 1 atom stereocenters. The highest BCUT2D eigenvalue weighted by molar-refractivity contribution is 5.28. The van der Waals surface area contributed by atoms with Gasteiger partial charge >= 0.3 is 0 Å². The largest absolute Gasteiger partial charge is 0.324 e. The maximum Gasteiger partial charge on any atom is 0.0297 e. The third-order valence-electron chi connectivity index (χ3n) is 3.16. The lowest BCUT2D eigenvalue weighted by Gasteiger charge is -2.19. The fourth-order valence-corrected chi connectivity index (χ4v) is 2.07. The summed E-state index contributed by atoms with van der Waals surface area (Å²) in [5, 5.41) is 0. The van der Waals surface area contributed by atoms with Crippen LogP contribution in [0.25, 0.3) is 0 Å². The van der Waals surface area contributed by atoms with Gasteiger partial charge in [0, 0.05) is 6.04 Å². The minimum Gasteiger partial charge on any atom is -0.324 e. The lowest BCUT2D eigenvalue weighted by Crippen LogP contribution is -2.26. The Bertz CT molecular complexity index is 401. The van der Waals surface area contributed by atoms with Crippen LogP contribution >= 0.6 is 0 Å². The van der Waals surface area contributed by atoms with E-state index in [-0.39, 0.29) is 6.04 Å². The average Bonchev–Trinajstić information content (AvgIpc) is 2.31. The Morgan fingerprint density at radius 2 is 1.88 bits per heavy atom. The molecule has 0 radical (unpaired) electrons. The lowest BCUT2D eigenvalue weighted by atomic mass is 9.91. The van der Waals surface area contributed by atoms with Crippen LogP contribution in [-0.2, 0) is 6.42 Å². The van der Waals surface area contributed by atoms with Crippen LogP contribution in [0, 0.1) is 0 Å². The zero-order chi connectivity index (χ0) is 11.4. The second-order valence-electron chi connectivity index (χ2n) is 4.55. The quantitative estimate of drug-likeness (QED) is 0.819. The Balaban J connectivity index is 2.01. The first-order chi connectivity index (χ1) is 7.75. The van der Waals surface area contributed by atoms with Gasteiger partial charge in [0.2, 0.25) is 0 Å². The minimum atomic E-state index is 0.173. The molecule has 1 unspecified atom stereocenters. The molecule has 2 N–H and O–H groups in total. The van der Waals surface area contributed by atoms with E-state index in [4.69, 9.17) is 5.73 Å². The normalized spacial score (nSPS) is 17.6. The molecular weight excluding hydrogens is 194 g/mol. The molecule has 2 rings (SSSR count). The first-order valence-corrected chi connectivity index (χ1v) is 5.91. The molecule has 0 saturated carbocycles. The van der Waals surface area contributed by atoms with Crippen LogP contribution in [0.2, 0.25) is 0 Å². The number of nitrogens with two attached hydrogens (primary N) is 1. The van der Waals surface area contributed by atoms with Crippen molar-refractivity contribution in [2.75, 3.05) is 0 Å². The Kier molecular flexibility index (Phi) is 3.58. The highest BCUT2D eigenvalue weighted by Gasteiger charge is 2.12. The zero-order valence-corrected chi connectivity index (χ0v) is 9.82. The van der Waals surface area contributed by atoms with Gasteiger partial charge in [0.25, 0.3) is 0 Å². The number of hydrogen-bond donors (Lipinski definition) is 1. The zero-order valence-electron chi connectivity index (χ0n) is 9.82. The van der Waals surface area contributed by atoms with Crippen molar-refractivity contribution >= 4 is 0 Å². The standard InChI is InChI=1S/C15H19N/c1-12-7-9-14(10-8-12)15(16)11-13-5-3-2-4-6-13/h2-7,9,15H,8,10-11,16H2,1H3. The molecule has 0 fully saturated rings. The van der Waals surface area contributed by atoms with Crippen LogP contribution in [0.4, 0.5) is 0 Å².